The third-order valence-electron chi connectivity index (χ3n) is 3.54. The van der Waals surface area contributed by atoms with Crippen LogP contribution < -0.4 is 5.73 Å². The van der Waals surface area contributed by atoms with Gasteiger partial charge >= 0.3 is 6.18 Å². The van der Waals surface area contributed by atoms with Gasteiger partial charge in [-0.15, -0.1) is 0 Å². The Kier molecular flexibility index (Phi) is 4.03. The highest BCUT2D eigenvalue weighted by atomic mass is 19.4. The summed E-state index contributed by atoms with van der Waals surface area (Å²) in [6, 6.07) is 0.612. The Morgan fingerprint density at radius 1 is 1.55 bits per heavy atom. The van der Waals surface area contributed by atoms with Crippen LogP contribution in [0, 0.1) is 5.92 Å². The average molecular weight is 290 g/mol. The first-order valence-electron chi connectivity index (χ1n) is 6.50. The van der Waals surface area contributed by atoms with E-state index in [0.29, 0.717) is 13.1 Å². The van der Waals surface area contributed by atoms with E-state index in [1.807, 2.05) is 12.0 Å². The minimum atomic E-state index is -4.53. The number of H-pyrrole nitrogens is 1. The van der Waals surface area contributed by atoms with Crippen molar-refractivity contribution in [2.75, 3.05) is 13.1 Å². The lowest BCUT2D eigenvalue weighted by molar-refractivity contribution is -0.141. The molecule has 2 rings (SSSR count). The average Bonchev–Trinajstić information content (AvgIpc) is 2.96. The maximum Gasteiger partial charge on any atom is 0.432 e. The van der Waals surface area contributed by atoms with Crippen molar-refractivity contribution in [3.05, 3.63) is 17.5 Å². The fraction of sp³-hybridized carbons (Fsp3) is 0.667. The van der Waals surface area contributed by atoms with E-state index in [0.717, 1.165) is 18.9 Å². The predicted octanol–water partition coefficient (Wildman–Crippen LogP) is 1.63. The number of halogens is 3. The molecule has 2 atom stereocenters. The lowest BCUT2D eigenvalue weighted by Crippen LogP contribution is -2.32. The molecule has 1 amide bonds. The Bertz CT molecular complexity index is 485. The van der Waals surface area contributed by atoms with Crippen molar-refractivity contribution in [3.63, 3.8) is 0 Å². The molecule has 2 heterocycles. The maximum atomic E-state index is 12.5. The molecule has 0 radical (unpaired) electrons. The molecule has 1 aliphatic heterocycles. The molecule has 0 unspecified atom stereocenters. The second-order valence-electron chi connectivity index (χ2n) is 5.09. The molecule has 0 aliphatic carbocycles. The quantitative estimate of drug-likeness (QED) is 0.888. The fourth-order valence-corrected chi connectivity index (χ4v) is 2.48. The van der Waals surface area contributed by atoms with Crippen LogP contribution in [0.2, 0.25) is 0 Å². The summed E-state index contributed by atoms with van der Waals surface area (Å²) in [4.78, 5) is 13.6. The van der Waals surface area contributed by atoms with E-state index in [1.54, 1.807) is 0 Å². The van der Waals surface area contributed by atoms with Gasteiger partial charge in [-0.3, -0.25) is 9.89 Å². The molecule has 8 heteroatoms. The number of carbonyl (C=O) groups is 1. The van der Waals surface area contributed by atoms with Crippen LogP contribution in [0.25, 0.3) is 0 Å². The van der Waals surface area contributed by atoms with E-state index in [-0.39, 0.29) is 17.7 Å². The topological polar surface area (TPSA) is 75.0 Å². The maximum absolute atomic E-state index is 12.5. The van der Waals surface area contributed by atoms with Crippen molar-refractivity contribution < 1.29 is 18.0 Å². The molecule has 112 valence electrons. The second-order valence-corrected chi connectivity index (χ2v) is 5.09. The van der Waals surface area contributed by atoms with Gasteiger partial charge in [0, 0.05) is 25.2 Å². The summed E-state index contributed by atoms with van der Waals surface area (Å²) in [6.45, 7) is 2.86. The lowest BCUT2D eigenvalue weighted by Gasteiger charge is -2.14. The van der Waals surface area contributed by atoms with E-state index >= 15 is 0 Å². The number of hydrogen-bond donors (Lipinski definition) is 2. The number of nitrogens with one attached hydrogen (secondary N) is 1. The number of rotatable bonds is 3. The van der Waals surface area contributed by atoms with Gasteiger partial charge in [-0.1, -0.05) is 13.3 Å². The first-order valence-corrected chi connectivity index (χ1v) is 6.50. The first kappa shape index (κ1) is 14.8. The minimum absolute atomic E-state index is 0.125. The van der Waals surface area contributed by atoms with E-state index in [1.165, 1.54) is 4.90 Å². The van der Waals surface area contributed by atoms with Crippen LogP contribution in [-0.4, -0.2) is 40.1 Å². The zero-order valence-corrected chi connectivity index (χ0v) is 11.1. The zero-order chi connectivity index (χ0) is 14.9. The van der Waals surface area contributed by atoms with Crippen molar-refractivity contribution in [1.82, 2.24) is 15.1 Å². The molecular formula is C12H17F3N4O. The monoisotopic (exact) mass is 290 g/mol. The molecule has 3 N–H and O–H groups in total. The molecule has 0 spiro atoms. The van der Waals surface area contributed by atoms with Crippen molar-refractivity contribution in [2.24, 2.45) is 11.7 Å². The first-order chi connectivity index (χ1) is 9.32. The Morgan fingerprint density at radius 2 is 2.25 bits per heavy atom. The summed E-state index contributed by atoms with van der Waals surface area (Å²) < 4.78 is 37.4. The number of likely N-dealkylation sites (tertiary alicyclic amines) is 1. The van der Waals surface area contributed by atoms with Gasteiger partial charge in [0.1, 0.15) is 5.69 Å². The number of nitrogens with zero attached hydrogens (tertiary/aromatic N) is 2. The van der Waals surface area contributed by atoms with Crippen LogP contribution in [0.3, 0.4) is 0 Å². The van der Waals surface area contributed by atoms with Crippen LogP contribution in [-0.2, 0) is 6.18 Å². The van der Waals surface area contributed by atoms with E-state index in [2.05, 4.69) is 5.10 Å². The van der Waals surface area contributed by atoms with E-state index < -0.39 is 17.8 Å². The number of carbonyl (C=O) groups excluding carboxylic acids is 1. The number of aromatic amines is 1. The van der Waals surface area contributed by atoms with Crippen molar-refractivity contribution in [2.45, 2.75) is 32.0 Å². The van der Waals surface area contributed by atoms with Crippen LogP contribution in [0.15, 0.2) is 6.07 Å². The number of nitrogens with two attached hydrogens (primary N) is 1. The summed E-state index contributed by atoms with van der Waals surface area (Å²) in [6.07, 6.45) is -2.67. The minimum Gasteiger partial charge on any atom is -0.335 e. The normalized spacial score (nSPS) is 23.4. The van der Waals surface area contributed by atoms with Gasteiger partial charge in [0.15, 0.2) is 5.69 Å². The fourth-order valence-electron chi connectivity index (χ4n) is 2.48. The Morgan fingerprint density at radius 3 is 2.80 bits per heavy atom. The van der Waals surface area contributed by atoms with Gasteiger partial charge in [-0.05, 0) is 12.3 Å². The number of alkyl halides is 3. The van der Waals surface area contributed by atoms with E-state index in [9.17, 15) is 18.0 Å². The highest BCUT2D eigenvalue weighted by molar-refractivity contribution is 5.92. The van der Waals surface area contributed by atoms with Gasteiger partial charge < -0.3 is 10.6 Å². The lowest BCUT2D eigenvalue weighted by atomic mass is 9.99. The third-order valence-corrected chi connectivity index (χ3v) is 3.54. The van der Waals surface area contributed by atoms with Crippen LogP contribution >= 0.6 is 0 Å². The highest BCUT2D eigenvalue weighted by Crippen LogP contribution is 2.28. The summed E-state index contributed by atoms with van der Waals surface area (Å²) in [5.74, 6) is -0.309. The number of hydrogen-bond acceptors (Lipinski definition) is 3. The smallest absolute Gasteiger partial charge is 0.335 e. The molecule has 1 aliphatic rings. The van der Waals surface area contributed by atoms with Gasteiger partial charge in [-0.25, -0.2) is 0 Å². The Labute approximate surface area is 114 Å². The molecule has 1 saturated heterocycles. The standard InChI is InChI=1S/C12H17F3N4O/c1-2-3-7-5-19(6-8(7)16)11(20)9-4-10(18-17-9)12(13,14)15/h4,7-8H,2-3,5-6,16H2,1H3,(H,17,18)/t7-,8-/m0/s1. The second kappa shape index (κ2) is 5.43. The summed E-state index contributed by atoms with van der Waals surface area (Å²) >= 11 is 0. The zero-order valence-electron chi connectivity index (χ0n) is 11.1. The largest absolute Gasteiger partial charge is 0.432 e. The molecule has 1 aromatic heterocycles. The molecule has 1 aromatic rings. The third kappa shape index (κ3) is 2.95. The van der Waals surface area contributed by atoms with Gasteiger partial charge in [0.2, 0.25) is 0 Å². The van der Waals surface area contributed by atoms with Crippen LogP contribution in [0.5, 0.6) is 0 Å². The van der Waals surface area contributed by atoms with Crippen molar-refractivity contribution in [3.8, 4) is 0 Å². The Balaban J connectivity index is 2.07. The predicted molar refractivity (Wildman–Crippen MR) is 65.9 cm³/mol. The molecule has 0 aromatic carbocycles. The molecule has 1 fully saturated rings. The molecule has 5 nitrogen and oxygen atoms in total. The van der Waals surface area contributed by atoms with Crippen molar-refractivity contribution >= 4 is 5.91 Å². The molecular weight excluding hydrogens is 273 g/mol. The number of aromatic nitrogens is 2. The van der Waals surface area contributed by atoms with Crippen molar-refractivity contribution in [1.29, 1.82) is 0 Å². The number of amides is 1. The summed E-state index contributed by atoms with van der Waals surface area (Å²) in [7, 11) is 0. The molecule has 0 saturated carbocycles. The molecule has 20 heavy (non-hydrogen) atoms. The van der Waals surface area contributed by atoms with Gasteiger partial charge in [0.25, 0.3) is 5.91 Å². The van der Waals surface area contributed by atoms with Crippen LogP contribution in [0.1, 0.15) is 35.9 Å². The summed E-state index contributed by atoms with van der Waals surface area (Å²) in [5.41, 5.74) is 4.70. The van der Waals surface area contributed by atoms with Gasteiger partial charge in [-0.2, -0.15) is 18.3 Å². The highest BCUT2D eigenvalue weighted by Gasteiger charge is 2.36. The summed E-state index contributed by atoms with van der Waals surface area (Å²) in [5, 5.41) is 5.29. The van der Waals surface area contributed by atoms with E-state index in [4.69, 9.17) is 5.73 Å². The van der Waals surface area contributed by atoms with Crippen LogP contribution in [0.4, 0.5) is 13.2 Å². The SMILES string of the molecule is CCC[C@H]1CN(C(=O)c2cc(C(F)(F)F)[nH]n2)C[C@@H]1N. The Hall–Kier alpha value is -1.57. The molecule has 0 bridgehead atoms. The van der Waals surface area contributed by atoms with Gasteiger partial charge in [0.05, 0.1) is 0 Å².